The second-order valence-electron chi connectivity index (χ2n) is 5.14. The number of hydrogen-bond donors (Lipinski definition) is 0. The monoisotopic (exact) mass is 290 g/mol. The van der Waals surface area contributed by atoms with Crippen molar-refractivity contribution in [3.8, 4) is 0 Å². The molecule has 3 atom stereocenters. The molecule has 5 heteroatoms. The predicted octanol–water partition coefficient (Wildman–Crippen LogP) is 2.34. The van der Waals surface area contributed by atoms with Gasteiger partial charge in [0.05, 0.1) is 25.2 Å². The summed E-state index contributed by atoms with van der Waals surface area (Å²) in [5.74, 6) is -1.12. The van der Waals surface area contributed by atoms with E-state index in [0.29, 0.717) is 19.0 Å². The highest BCUT2D eigenvalue weighted by Gasteiger charge is 2.52. The minimum Gasteiger partial charge on any atom is -0.463 e. The average Bonchev–Trinajstić information content (AvgIpc) is 2.71. The van der Waals surface area contributed by atoms with Crippen LogP contribution in [0.2, 0.25) is 0 Å². The smallest absolute Gasteiger partial charge is 0.334 e. The molecule has 0 N–H and O–H groups in total. The highest BCUT2D eigenvalue weighted by atomic mass is 16.8. The van der Waals surface area contributed by atoms with Gasteiger partial charge in [-0.15, -0.1) is 0 Å². The van der Waals surface area contributed by atoms with Crippen LogP contribution < -0.4 is 0 Å². The summed E-state index contributed by atoms with van der Waals surface area (Å²) >= 11 is 0. The van der Waals surface area contributed by atoms with Crippen molar-refractivity contribution in [1.29, 1.82) is 0 Å². The largest absolute Gasteiger partial charge is 0.463 e. The van der Waals surface area contributed by atoms with E-state index in [2.05, 4.69) is 0 Å². The molecule has 2 bridgehead atoms. The van der Waals surface area contributed by atoms with E-state index in [1.165, 1.54) is 6.08 Å². The van der Waals surface area contributed by atoms with Gasteiger partial charge in [0.2, 0.25) is 12.1 Å². The second kappa shape index (κ2) is 5.50. The van der Waals surface area contributed by atoms with Gasteiger partial charge in [-0.25, -0.2) is 4.79 Å². The first-order chi connectivity index (χ1) is 10.1. The topological polar surface area (TPSA) is 54.0 Å². The zero-order valence-corrected chi connectivity index (χ0v) is 12.1. The summed E-state index contributed by atoms with van der Waals surface area (Å²) in [5.41, 5.74) is 1.09. The summed E-state index contributed by atoms with van der Waals surface area (Å²) < 4.78 is 22.3. The number of esters is 1. The van der Waals surface area contributed by atoms with E-state index in [1.54, 1.807) is 13.8 Å². The van der Waals surface area contributed by atoms with Gasteiger partial charge in [0.25, 0.3) is 0 Å². The number of benzene rings is 1. The van der Waals surface area contributed by atoms with Gasteiger partial charge in [-0.05, 0) is 19.4 Å². The third-order valence-corrected chi connectivity index (χ3v) is 3.66. The maximum atomic E-state index is 11.6. The Bertz CT molecular complexity index is 553. The summed E-state index contributed by atoms with van der Waals surface area (Å²) in [6.07, 6.45) is 0.850. The molecular formula is C16H18O5. The van der Waals surface area contributed by atoms with Gasteiger partial charge >= 0.3 is 5.97 Å². The Morgan fingerprint density at radius 2 is 2.19 bits per heavy atom. The Morgan fingerprint density at radius 3 is 2.90 bits per heavy atom. The fourth-order valence-corrected chi connectivity index (χ4v) is 2.54. The van der Waals surface area contributed by atoms with Crippen LogP contribution in [0.25, 0.3) is 0 Å². The maximum absolute atomic E-state index is 11.6. The quantitative estimate of drug-likeness (QED) is 0.632. The normalized spacial score (nSPS) is 32.8. The van der Waals surface area contributed by atoms with E-state index in [-0.39, 0.29) is 5.92 Å². The number of ether oxygens (including phenoxy) is 4. The molecule has 1 aromatic rings. The lowest BCUT2D eigenvalue weighted by atomic mass is 9.99. The van der Waals surface area contributed by atoms with E-state index in [0.717, 1.165) is 5.56 Å². The first-order valence-corrected chi connectivity index (χ1v) is 7.04. The Morgan fingerprint density at radius 1 is 1.43 bits per heavy atom. The van der Waals surface area contributed by atoms with E-state index < -0.39 is 18.0 Å². The number of carbonyl (C=O) groups is 1. The summed E-state index contributed by atoms with van der Waals surface area (Å²) in [5, 5.41) is 0. The van der Waals surface area contributed by atoms with E-state index >= 15 is 0 Å². The van der Waals surface area contributed by atoms with Crippen LogP contribution >= 0.6 is 0 Å². The van der Waals surface area contributed by atoms with Crippen molar-refractivity contribution in [1.82, 2.24) is 0 Å². The molecule has 0 spiro atoms. The van der Waals surface area contributed by atoms with Crippen LogP contribution in [0, 0.1) is 0 Å². The fraction of sp³-hybridized carbons (Fsp3) is 0.438. The molecule has 2 aliphatic rings. The van der Waals surface area contributed by atoms with Crippen LogP contribution in [0.3, 0.4) is 0 Å². The lowest BCUT2D eigenvalue weighted by Crippen LogP contribution is -2.40. The molecule has 5 nitrogen and oxygen atoms in total. The van der Waals surface area contributed by atoms with Gasteiger partial charge in [-0.1, -0.05) is 30.3 Å². The van der Waals surface area contributed by atoms with Crippen LogP contribution in [0.15, 0.2) is 42.2 Å². The molecule has 0 amide bonds. The average molecular weight is 290 g/mol. The Balaban J connectivity index is 1.81. The van der Waals surface area contributed by atoms with Crippen LogP contribution in [-0.4, -0.2) is 31.3 Å². The third-order valence-electron chi connectivity index (χ3n) is 3.66. The van der Waals surface area contributed by atoms with E-state index in [9.17, 15) is 4.79 Å². The standard InChI is InChI=1S/C16H18O5/c1-3-18-14(17)9-13-16(2)19-10-12(15(20-13)21-16)11-7-5-4-6-8-11/h4-9,12,15H,3,10H2,1-2H3/b13-9-/t12-,15-,16-/m0/s1. The first kappa shape index (κ1) is 14.1. The van der Waals surface area contributed by atoms with Crippen LogP contribution in [0.5, 0.6) is 0 Å². The Kier molecular flexibility index (Phi) is 3.69. The lowest BCUT2D eigenvalue weighted by Gasteiger charge is -2.32. The van der Waals surface area contributed by atoms with Gasteiger partial charge in [0.1, 0.15) is 0 Å². The van der Waals surface area contributed by atoms with Crippen LogP contribution in [0.4, 0.5) is 0 Å². The molecule has 2 saturated heterocycles. The molecule has 112 valence electrons. The summed E-state index contributed by atoms with van der Waals surface area (Å²) in [4.78, 5) is 11.6. The highest BCUT2D eigenvalue weighted by molar-refractivity contribution is 5.82. The number of fused-ring (bicyclic) bond motifs is 2. The molecule has 21 heavy (non-hydrogen) atoms. The zero-order valence-electron chi connectivity index (χ0n) is 12.1. The van der Waals surface area contributed by atoms with Crippen molar-refractivity contribution >= 4 is 5.97 Å². The molecule has 2 aliphatic heterocycles. The third kappa shape index (κ3) is 2.66. The van der Waals surface area contributed by atoms with Crippen LogP contribution in [-0.2, 0) is 23.7 Å². The van der Waals surface area contributed by atoms with Crippen LogP contribution in [0.1, 0.15) is 25.3 Å². The molecule has 2 fully saturated rings. The molecule has 2 heterocycles. The number of carbonyl (C=O) groups excluding carboxylic acids is 1. The van der Waals surface area contributed by atoms with Gasteiger partial charge in [-0.2, -0.15) is 0 Å². The predicted molar refractivity (Wildman–Crippen MR) is 74.2 cm³/mol. The zero-order chi connectivity index (χ0) is 14.9. The van der Waals surface area contributed by atoms with E-state index in [4.69, 9.17) is 18.9 Å². The van der Waals surface area contributed by atoms with E-state index in [1.807, 2.05) is 30.3 Å². The molecular weight excluding hydrogens is 272 g/mol. The maximum Gasteiger partial charge on any atom is 0.334 e. The van der Waals surface area contributed by atoms with Crippen molar-refractivity contribution in [2.75, 3.05) is 13.2 Å². The van der Waals surface area contributed by atoms with Crippen molar-refractivity contribution in [3.63, 3.8) is 0 Å². The van der Waals surface area contributed by atoms with Crippen molar-refractivity contribution < 1.29 is 23.7 Å². The van der Waals surface area contributed by atoms with Gasteiger partial charge in [-0.3, -0.25) is 0 Å². The second-order valence-corrected chi connectivity index (χ2v) is 5.14. The van der Waals surface area contributed by atoms with Crippen molar-refractivity contribution in [2.45, 2.75) is 31.8 Å². The highest BCUT2D eigenvalue weighted by Crippen LogP contribution is 2.44. The number of rotatable bonds is 3. The number of hydrogen-bond acceptors (Lipinski definition) is 5. The summed E-state index contributed by atoms with van der Waals surface area (Å²) in [6, 6.07) is 9.91. The molecule has 0 unspecified atom stereocenters. The molecule has 0 aliphatic carbocycles. The van der Waals surface area contributed by atoms with Gasteiger partial charge in [0.15, 0.2) is 5.76 Å². The first-order valence-electron chi connectivity index (χ1n) is 7.04. The SMILES string of the molecule is CCOC(=O)/C=C1\O[C@H]2O[C@]1(C)OC[C@H]2c1ccccc1. The summed E-state index contributed by atoms with van der Waals surface area (Å²) in [6.45, 7) is 4.30. The Hall–Kier alpha value is -1.85. The summed E-state index contributed by atoms with van der Waals surface area (Å²) in [7, 11) is 0. The molecule has 0 saturated carbocycles. The fourth-order valence-electron chi connectivity index (χ4n) is 2.54. The molecule has 0 aromatic heterocycles. The molecule has 3 rings (SSSR count). The minimum absolute atomic E-state index is 0.0210. The van der Waals surface area contributed by atoms with Gasteiger partial charge < -0.3 is 18.9 Å². The lowest BCUT2D eigenvalue weighted by molar-refractivity contribution is -0.257. The van der Waals surface area contributed by atoms with Crippen molar-refractivity contribution in [3.05, 3.63) is 47.7 Å². The Labute approximate surface area is 123 Å². The molecule has 1 aromatic carbocycles. The minimum atomic E-state index is -1.01. The van der Waals surface area contributed by atoms with Crippen molar-refractivity contribution in [2.24, 2.45) is 0 Å². The molecule has 0 radical (unpaired) electrons. The van der Waals surface area contributed by atoms with Gasteiger partial charge in [0, 0.05) is 0 Å².